The van der Waals surface area contributed by atoms with Crippen molar-refractivity contribution in [3.63, 3.8) is 0 Å². The maximum Gasteiger partial charge on any atom is 0.242 e. The maximum absolute atomic E-state index is 12.3. The molecule has 6 nitrogen and oxygen atoms in total. The van der Waals surface area contributed by atoms with Crippen molar-refractivity contribution in [1.29, 1.82) is 0 Å². The van der Waals surface area contributed by atoms with E-state index in [1.807, 2.05) is 42.2 Å². The van der Waals surface area contributed by atoms with Crippen molar-refractivity contribution >= 4 is 11.9 Å². The number of nitrogens with one attached hydrogen (secondary N) is 2. The molecule has 0 unspecified atom stereocenters. The van der Waals surface area contributed by atoms with E-state index in [1.165, 1.54) is 0 Å². The standard InChI is InChI=1S/C17H28N4O2/c1-4-21(14-15-9-6-5-7-10-15)16(22)13-20-17(18-2)19-11-8-12-23-3/h5-7,9-10H,4,8,11-14H2,1-3H3,(H2,18,19,20). The van der Waals surface area contributed by atoms with Crippen molar-refractivity contribution in [2.24, 2.45) is 4.99 Å². The van der Waals surface area contributed by atoms with Gasteiger partial charge in [-0.25, -0.2) is 0 Å². The smallest absolute Gasteiger partial charge is 0.242 e. The van der Waals surface area contributed by atoms with Crippen molar-refractivity contribution in [3.8, 4) is 0 Å². The Morgan fingerprint density at radius 2 is 2.00 bits per heavy atom. The first kappa shape index (κ1) is 19.0. The molecule has 0 heterocycles. The molecule has 6 heteroatoms. The Kier molecular flexibility index (Phi) is 9.47. The van der Waals surface area contributed by atoms with Gasteiger partial charge in [0, 0.05) is 40.4 Å². The normalized spacial score (nSPS) is 11.2. The fraction of sp³-hybridized carbons (Fsp3) is 0.529. The molecule has 0 aliphatic rings. The van der Waals surface area contributed by atoms with Gasteiger partial charge in [0.25, 0.3) is 0 Å². The monoisotopic (exact) mass is 320 g/mol. The summed E-state index contributed by atoms with van der Waals surface area (Å²) in [4.78, 5) is 18.3. The van der Waals surface area contributed by atoms with Crippen molar-refractivity contribution in [2.75, 3.05) is 40.4 Å². The highest BCUT2D eigenvalue weighted by molar-refractivity contribution is 5.86. The molecular formula is C17H28N4O2. The second-order valence-electron chi connectivity index (χ2n) is 5.09. The molecule has 0 aromatic heterocycles. The third kappa shape index (κ3) is 7.65. The maximum atomic E-state index is 12.3. The van der Waals surface area contributed by atoms with E-state index in [1.54, 1.807) is 14.2 Å². The predicted molar refractivity (Wildman–Crippen MR) is 93.4 cm³/mol. The first-order valence-corrected chi connectivity index (χ1v) is 7.96. The van der Waals surface area contributed by atoms with Crippen molar-refractivity contribution in [2.45, 2.75) is 19.9 Å². The van der Waals surface area contributed by atoms with Gasteiger partial charge in [-0.15, -0.1) is 0 Å². The topological polar surface area (TPSA) is 66.0 Å². The van der Waals surface area contributed by atoms with Crippen LogP contribution in [-0.2, 0) is 16.1 Å². The minimum atomic E-state index is 0.0520. The highest BCUT2D eigenvalue weighted by Crippen LogP contribution is 2.04. The summed E-state index contributed by atoms with van der Waals surface area (Å²) in [5, 5.41) is 6.21. The van der Waals surface area contributed by atoms with Gasteiger partial charge in [-0.3, -0.25) is 9.79 Å². The van der Waals surface area contributed by atoms with Crippen LogP contribution in [0.4, 0.5) is 0 Å². The summed E-state index contributed by atoms with van der Waals surface area (Å²) < 4.78 is 5.00. The summed E-state index contributed by atoms with van der Waals surface area (Å²) in [7, 11) is 3.37. The zero-order chi connectivity index (χ0) is 16.9. The number of carbonyl (C=O) groups is 1. The van der Waals surface area contributed by atoms with Gasteiger partial charge in [-0.1, -0.05) is 30.3 Å². The van der Waals surface area contributed by atoms with E-state index in [0.717, 1.165) is 18.5 Å². The first-order chi connectivity index (χ1) is 11.2. The van der Waals surface area contributed by atoms with Crippen LogP contribution in [-0.4, -0.2) is 57.2 Å². The Morgan fingerprint density at radius 3 is 2.61 bits per heavy atom. The number of amides is 1. The molecule has 0 saturated carbocycles. The van der Waals surface area contributed by atoms with Gasteiger partial charge in [-0.2, -0.15) is 0 Å². The van der Waals surface area contributed by atoms with Crippen LogP contribution in [0.15, 0.2) is 35.3 Å². The molecule has 128 valence electrons. The highest BCUT2D eigenvalue weighted by atomic mass is 16.5. The van der Waals surface area contributed by atoms with Gasteiger partial charge in [-0.05, 0) is 18.9 Å². The predicted octanol–water partition coefficient (Wildman–Crippen LogP) is 1.24. The van der Waals surface area contributed by atoms with Crippen molar-refractivity contribution in [1.82, 2.24) is 15.5 Å². The third-order valence-corrected chi connectivity index (χ3v) is 3.40. The summed E-state index contributed by atoms with van der Waals surface area (Å²) >= 11 is 0. The van der Waals surface area contributed by atoms with E-state index in [2.05, 4.69) is 15.6 Å². The molecule has 0 spiro atoms. The van der Waals surface area contributed by atoms with Crippen LogP contribution in [0.1, 0.15) is 18.9 Å². The number of guanidine groups is 1. The molecule has 0 radical (unpaired) electrons. The highest BCUT2D eigenvalue weighted by Gasteiger charge is 2.12. The van der Waals surface area contributed by atoms with E-state index >= 15 is 0 Å². The number of likely N-dealkylation sites (N-methyl/N-ethyl adjacent to an activating group) is 1. The second kappa shape index (κ2) is 11.5. The second-order valence-corrected chi connectivity index (χ2v) is 5.09. The number of benzene rings is 1. The summed E-state index contributed by atoms with van der Waals surface area (Å²) in [6.45, 7) is 4.96. The minimum Gasteiger partial charge on any atom is -0.385 e. The molecule has 23 heavy (non-hydrogen) atoms. The number of hydrogen-bond donors (Lipinski definition) is 2. The van der Waals surface area contributed by atoms with Crippen LogP contribution in [0.2, 0.25) is 0 Å². The summed E-state index contributed by atoms with van der Waals surface area (Å²) in [6.07, 6.45) is 0.889. The zero-order valence-electron chi connectivity index (χ0n) is 14.3. The molecule has 0 aliphatic carbocycles. The summed E-state index contributed by atoms with van der Waals surface area (Å²) in [5.74, 6) is 0.682. The Balaban J connectivity index is 2.40. The quantitative estimate of drug-likeness (QED) is 0.408. The van der Waals surface area contributed by atoms with E-state index in [9.17, 15) is 4.79 Å². The van der Waals surface area contributed by atoms with Gasteiger partial charge >= 0.3 is 0 Å². The van der Waals surface area contributed by atoms with Gasteiger partial charge in [0.1, 0.15) is 0 Å². The molecule has 2 N–H and O–H groups in total. The molecule has 0 aliphatic heterocycles. The molecule has 1 aromatic carbocycles. The first-order valence-electron chi connectivity index (χ1n) is 7.96. The number of hydrogen-bond acceptors (Lipinski definition) is 3. The van der Waals surface area contributed by atoms with E-state index in [0.29, 0.717) is 25.7 Å². The fourth-order valence-electron chi connectivity index (χ4n) is 2.10. The molecule has 0 saturated heterocycles. The molecule has 0 fully saturated rings. The minimum absolute atomic E-state index is 0.0520. The SMILES string of the molecule is CCN(Cc1ccccc1)C(=O)CNC(=NC)NCCCOC. The van der Waals surface area contributed by atoms with Crippen LogP contribution in [0.3, 0.4) is 0 Å². The molecule has 1 aromatic rings. The Hall–Kier alpha value is -2.08. The summed E-state index contributed by atoms with van der Waals surface area (Å²) in [6, 6.07) is 10.00. The summed E-state index contributed by atoms with van der Waals surface area (Å²) in [5.41, 5.74) is 1.13. The average molecular weight is 320 g/mol. The van der Waals surface area contributed by atoms with Crippen LogP contribution in [0, 0.1) is 0 Å². The molecular weight excluding hydrogens is 292 g/mol. The zero-order valence-corrected chi connectivity index (χ0v) is 14.3. The van der Waals surface area contributed by atoms with E-state index in [4.69, 9.17) is 4.74 Å². The number of ether oxygens (including phenoxy) is 1. The van der Waals surface area contributed by atoms with Crippen LogP contribution in [0.25, 0.3) is 0 Å². The molecule has 1 amide bonds. The van der Waals surface area contributed by atoms with Gasteiger partial charge < -0.3 is 20.3 Å². The molecule has 0 bridgehead atoms. The van der Waals surface area contributed by atoms with Crippen molar-refractivity contribution < 1.29 is 9.53 Å². The van der Waals surface area contributed by atoms with Gasteiger partial charge in [0.05, 0.1) is 6.54 Å². The van der Waals surface area contributed by atoms with Crippen LogP contribution in [0.5, 0.6) is 0 Å². The van der Waals surface area contributed by atoms with E-state index < -0.39 is 0 Å². The number of nitrogens with zero attached hydrogens (tertiary/aromatic N) is 2. The van der Waals surface area contributed by atoms with Crippen LogP contribution >= 0.6 is 0 Å². The lowest BCUT2D eigenvalue weighted by Crippen LogP contribution is -2.44. The number of aliphatic imine (C=N–C) groups is 1. The lowest BCUT2D eigenvalue weighted by Gasteiger charge is -2.22. The Morgan fingerprint density at radius 1 is 1.26 bits per heavy atom. The van der Waals surface area contributed by atoms with Gasteiger partial charge in [0.2, 0.25) is 5.91 Å². The average Bonchev–Trinajstić information content (AvgIpc) is 2.59. The lowest BCUT2D eigenvalue weighted by atomic mass is 10.2. The lowest BCUT2D eigenvalue weighted by molar-refractivity contribution is -0.130. The number of methoxy groups -OCH3 is 1. The van der Waals surface area contributed by atoms with Crippen molar-refractivity contribution in [3.05, 3.63) is 35.9 Å². The largest absolute Gasteiger partial charge is 0.385 e. The number of carbonyl (C=O) groups excluding carboxylic acids is 1. The van der Waals surface area contributed by atoms with Gasteiger partial charge in [0.15, 0.2) is 5.96 Å². The molecule has 1 rings (SSSR count). The van der Waals surface area contributed by atoms with Crippen LogP contribution < -0.4 is 10.6 Å². The molecule has 0 atom stereocenters. The number of rotatable bonds is 9. The Labute approximate surface area is 138 Å². The fourth-order valence-corrected chi connectivity index (χ4v) is 2.10. The van der Waals surface area contributed by atoms with E-state index in [-0.39, 0.29) is 12.5 Å². The Bertz CT molecular complexity index is 477. The third-order valence-electron chi connectivity index (χ3n) is 3.40.